The third kappa shape index (κ3) is 4.29. The van der Waals surface area contributed by atoms with Crippen molar-refractivity contribution < 1.29 is 18.8 Å². The topological polar surface area (TPSA) is 52.6 Å². The van der Waals surface area contributed by atoms with Crippen molar-refractivity contribution >= 4 is 20.1 Å². The molecule has 5 heteroatoms. The maximum atomic E-state index is 12.1. The monoisotopic (exact) mass is 326 g/mol. The summed E-state index contributed by atoms with van der Waals surface area (Å²) in [4.78, 5) is 24.2. The molecule has 0 saturated heterocycles. The first-order valence-electron chi connectivity index (χ1n) is 8.08. The Morgan fingerprint density at radius 2 is 1.91 bits per heavy atom. The molecule has 0 amide bonds. The van der Waals surface area contributed by atoms with Crippen molar-refractivity contribution in [2.45, 2.75) is 65.6 Å². The Labute approximate surface area is 135 Å². The van der Waals surface area contributed by atoms with Crippen LogP contribution in [0.5, 0.6) is 0 Å². The van der Waals surface area contributed by atoms with Crippen LogP contribution >= 0.6 is 0 Å². The largest absolute Gasteiger partial charge is 0.463 e. The lowest BCUT2D eigenvalue weighted by Gasteiger charge is -2.36. The summed E-state index contributed by atoms with van der Waals surface area (Å²) in [6.07, 6.45) is 0.910. The Balaban J connectivity index is 2.80. The van der Waals surface area contributed by atoms with Crippen LogP contribution in [-0.4, -0.2) is 33.3 Å². The van der Waals surface area contributed by atoms with Crippen LogP contribution in [-0.2, 0) is 18.8 Å². The van der Waals surface area contributed by atoms with Gasteiger partial charge in [0.1, 0.15) is 0 Å². The quantitative estimate of drug-likeness (QED) is 0.549. The molecule has 0 aliphatic heterocycles. The van der Waals surface area contributed by atoms with E-state index in [0.29, 0.717) is 37.2 Å². The Morgan fingerprint density at radius 3 is 2.41 bits per heavy atom. The molecular formula is C17H30O4Si. The van der Waals surface area contributed by atoms with Gasteiger partial charge in [-0.05, 0) is 37.4 Å². The molecule has 0 radical (unpaired) electrons. The molecule has 0 aromatic heterocycles. The fourth-order valence-corrected chi connectivity index (χ4v) is 3.43. The predicted molar refractivity (Wildman–Crippen MR) is 90.2 cm³/mol. The van der Waals surface area contributed by atoms with Crippen molar-refractivity contribution in [3.63, 3.8) is 0 Å². The first-order chi connectivity index (χ1) is 10.0. The molecule has 1 atom stereocenters. The second-order valence-electron chi connectivity index (χ2n) is 7.50. The van der Waals surface area contributed by atoms with Gasteiger partial charge in [-0.25, -0.2) is 4.79 Å². The van der Waals surface area contributed by atoms with Crippen molar-refractivity contribution in [2.75, 3.05) is 13.2 Å². The molecule has 0 heterocycles. The van der Waals surface area contributed by atoms with Gasteiger partial charge in [0, 0.05) is 24.2 Å². The van der Waals surface area contributed by atoms with E-state index < -0.39 is 8.32 Å². The van der Waals surface area contributed by atoms with Crippen LogP contribution in [0.1, 0.15) is 47.5 Å². The fourth-order valence-electron chi connectivity index (χ4n) is 2.38. The minimum Gasteiger partial charge on any atom is -0.463 e. The number of esters is 1. The summed E-state index contributed by atoms with van der Waals surface area (Å²) in [5.74, 6) is -0.327. The van der Waals surface area contributed by atoms with Gasteiger partial charge >= 0.3 is 5.97 Å². The second-order valence-corrected chi connectivity index (χ2v) is 12.3. The Morgan fingerprint density at radius 1 is 1.32 bits per heavy atom. The molecule has 0 N–H and O–H groups in total. The van der Waals surface area contributed by atoms with Gasteiger partial charge in [-0.1, -0.05) is 27.7 Å². The lowest BCUT2D eigenvalue weighted by molar-refractivity contribution is -0.139. The Hall–Kier alpha value is -0.943. The van der Waals surface area contributed by atoms with Crippen LogP contribution in [0, 0.1) is 5.92 Å². The number of ether oxygens (including phenoxy) is 1. The van der Waals surface area contributed by atoms with Gasteiger partial charge < -0.3 is 9.16 Å². The molecular weight excluding hydrogens is 296 g/mol. The van der Waals surface area contributed by atoms with Crippen LogP contribution in [0.25, 0.3) is 0 Å². The standard InChI is InChI=1S/C17H30O4Si/c1-8-20-16(19)15-12(2)11-14(18)13(15)9-10-21-22(6,7)17(3,4)5/h12H,8-11H2,1-7H3. The number of Topliss-reactive ketones (excluding diaryl/α,β-unsaturated/α-hetero) is 1. The summed E-state index contributed by atoms with van der Waals surface area (Å²) in [5.41, 5.74) is 1.18. The van der Waals surface area contributed by atoms with E-state index >= 15 is 0 Å². The van der Waals surface area contributed by atoms with E-state index in [-0.39, 0.29) is 22.7 Å². The van der Waals surface area contributed by atoms with Gasteiger partial charge in [0.15, 0.2) is 14.1 Å². The molecule has 0 aromatic carbocycles. The summed E-state index contributed by atoms with van der Waals surface area (Å²) in [5, 5.41) is 0.137. The molecule has 0 spiro atoms. The van der Waals surface area contributed by atoms with E-state index in [9.17, 15) is 9.59 Å². The summed E-state index contributed by atoms with van der Waals surface area (Å²) < 4.78 is 11.2. The van der Waals surface area contributed by atoms with E-state index in [1.165, 1.54) is 0 Å². The molecule has 0 aromatic rings. The maximum absolute atomic E-state index is 12.1. The van der Waals surface area contributed by atoms with Gasteiger partial charge in [-0.3, -0.25) is 4.79 Å². The second kappa shape index (κ2) is 7.09. The minimum absolute atomic E-state index is 0.0468. The molecule has 0 fully saturated rings. The number of ketones is 1. The predicted octanol–water partition coefficient (Wildman–Crippen LogP) is 3.87. The number of hydrogen-bond donors (Lipinski definition) is 0. The Kier molecular flexibility index (Phi) is 6.16. The average Bonchev–Trinajstić information content (AvgIpc) is 2.63. The highest BCUT2D eigenvalue weighted by atomic mass is 28.4. The Bertz CT molecular complexity index is 472. The molecule has 22 heavy (non-hydrogen) atoms. The molecule has 1 aliphatic rings. The highest BCUT2D eigenvalue weighted by Gasteiger charge is 2.38. The average molecular weight is 327 g/mol. The van der Waals surface area contributed by atoms with Gasteiger partial charge in [0.05, 0.1) is 6.61 Å². The lowest BCUT2D eigenvalue weighted by atomic mass is 10.0. The summed E-state index contributed by atoms with van der Waals surface area (Å²) >= 11 is 0. The van der Waals surface area contributed by atoms with Gasteiger partial charge in [0.25, 0.3) is 0 Å². The van der Waals surface area contributed by atoms with Crippen LogP contribution in [0.3, 0.4) is 0 Å². The molecule has 1 aliphatic carbocycles. The summed E-state index contributed by atoms with van der Waals surface area (Å²) in [7, 11) is -1.83. The van der Waals surface area contributed by atoms with E-state index in [1.54, 1.807) is 6.92 Å². The first kappa shape index (κ1) is 19.1. The highest BCUT2D eigenvalue weighted by Crippen LogP contribution is 2.37. The number of carbonyl (C=O) groups is 2. The van der Waals surface area contributed by atoms with Crippen molar-refractivity contribution in [1.29, 1.82) is 0 Å². The number of carbonyl (C=O) groups excluding carboxylic acids is 2. The van der Waals surface area contributed by atoms with Gasteiger partial charge in [-0.15, -0.1) is 0 Å². The van der Waals surface area contributed by atoms with Crippen LogP contribution in [0.15, 0.2) is 11.1 Å². The SMILES string of the molecule is CCOC(=O)C1=C(CCO[Si](C)(C)C(C)(C)C)C(=O)CC1C. The van der Waals surface area contributed by atoms with Crippen LogP contribution in [0.2, 0.25) is 18.1 Å². The zero-order chi connectivity index (χ0) is 17.1. The van der Waals surface area contributed by atoms with E-state index in [0.717, 1.165) is 0 Å². The van der Waals surface area contributed by atoms with Crippen molar-refractivity contribution in [1.82, 2.24) is 0 Å². The summed E-state index contributed by atoms with van der Waals surface area (Å²) in [6.45, 7) is 15.4. The van der Waals surface area contributed by atoms with Crippen molar-refractivity contribution in [2.24, 2.45) is 5.92 Å². The number of hydrogen-bond acceptors (Lipinski definition) is 4. The van der Waals surface area contributed by atoms with E-state index in [2.05, 4.69) is 33.9 Å². The fraction of sp³-hybridized carbons (Fsp3) is 0.765. The van der Waals surface area contributed by atoms with Gasteiger partial charge in [0.2, 0.25) is 0 Å². The minimum atomic E-state index is -1.83. The lowest BCUT2D eigenvalue weighted by Crippen LogP contribution is -2.41. The molecule has 4 nitrogen and oxygen atoms in total. The molecule has 1 rings (SSSR count). The maximum Gasteiger partial charge on any atom is 0.334 e. The highest BCUT2D eigenvalue weighted by molar-refractivity contribution is 6.74. The van der Waals surface area contributed by atoms with Gasteiger partial charge in [-0.2, -0.15) is 0 Å². The zero-order valence-electron chi connectivity index (χ0n) is 15.0. The molecule has 0 bridgehead atoms. The normalized spacial score (nSPS) is 19.8. The third-order valence-corrected chi connectivity index (χ3v) is 9.30. The van der Waals surface area contributed by atoms with E-state index in [4.69, 9.17) is 9.16 Å². The zero-order valence-corrected chi connectivity index (χ0v) is 16.0. The smallest absolute Gasteiger partial charge is 0.334 e. The number of rotatable bonds is 6. The molecule has 126 valence electrons. The van der Waals surface area contributed by atoms with Crippen molar-refractivity contribution in [3.05, 3.63) is 11.1 Å². The van der Waals surface area contributed by atoms with Crippen LogP contribution in [0.4, 0.5) is 0 Å². The summed E-state index contributed by atoms with van der Waals surface area (Å²) in [6, 6.07) is 0. The first-order valence-corrected chi connectivity index (χ1v) is 11.0. The molecule has 0 saturated carbocycles. The molecule has 1 unspecified atom stereocenters. The van der Waals surface area contributed by atoms with Crippen LogP contribution < -0.4 is 0 Å². The third-order valence-electron chi connectivity index (χ3n) is 4.76. The van der Waals surface area contributed by atoms with Crippen molar-refractivity contribution in [3.8, 4) is 0 Å². The van der Waals surface area contributed by atoms with E-state index in [1.807, 2.05) is 6.92 Å².